The topological polar surface area (TPSA) is 56.2 Å². The third-order valence-corrected chi connectivity index (χ3v) is 0.947. The predicted molar refractivity (Wildman–Crippen MR) is 29.3 cm³/mol. The van der Waals surface area contributed by atoms with Crippen molar-refractivity contribution in [3.63, 3.8) is 0 Å². The van der Waals surface area contributed by atoms with Gasteiger partial charge in [0.15, 0.2) is 0 Å². The Labute approximate surface area is 55.6 Å². The van der Waals surface area contributed by atoms with Crippen LogP contribution < -0.4 is 5.82 Å². The van der Waals surface area contributed by atoms with Crippen molar-refractivity contribution in [3.05, 3.63) is 16.5 Å². The van der Waals surface area contributed by atoms with E-state index in [0.29, 0.717) is 12.8 Å². The molecule has 0 saturated carbocycles. The molecule has 0 aliphatic carbocycles. The predicted octanol–water partition coefficient (Wildman–Crippen LogP) is 0.530. The lowest BCUT2D eigenvalue weighted by Gasteiger charge is -1.84. The minimum atomic E-state index is -0.839. The largest absolute Gasteiger partial charge is 0.542 e. The van der Waals surface area contributed by atoms with Crippen LogP contribution in [0.1, 0.15) is 12.3 Å². The summed E-state index contributed by atoms with van der Waals surface area (Å²) in [5, 5.41) is 3.23. The van der Waals surface area contributed by atoms with Crippen molar-refractivity contribution in [1.29, 1.82) is 0 Å². The van der Waals surface area contributed by atoms with Crippen LogP contribution in [0, 0.1) is 0 Å². The van der Waals surface area contributed by atoms with Crippen LogP contribution in [0.4, 0.5) is 4.39 Å². The van der Waals surface area contributed by atoms with Crippen LogP contribution in [-0.4, -0.2) is 11.8 Å². The maximum atomic E-state index is 11.5. The Morgan fingerprint density at radius 2 is 2.40 bits per heavy atom. The third kappa shape index (κ3) is 1.68. The molecule has 1 rings (SSSR count). The van der Waals surface area contributed by atoms with E-state index < -0.39 is 12.5 Å². The van der Waals surface area contributed by atoms with Crippen molar-refractivity contribution < 1.29 is 13.3 Å². The van der Waals surface area contributed by atoms with Crippen LogP contribution in [0.15, 0.2) is 13.7 Å². The van der Waals surface area contributed by atoms with Crippen LogP contribution in [0.5, 0.6) is 0 Å². The zero-order valence-electron chi connectivity index (χ0n) is 5.17. The maximum Gasteiger partial charge on any atom is 0.542 e. The van der Waals surface area contributed by atoms with E-state index in [1.165, 1.54) is 0 Å². The normalized spacial score (nSPS) is 10.1. The Morgan fingerprint density at radius 1 is 1.60 bits per heavy atom. The monoisotopic (exact) mass is 147 g/mol. The highest BCUT2D eigenvalue weighted by Crippen LogP contribution is 1.95. The zero-order valence-corrected chi connectivity index (χ0v) is 5.17. The Hall–Kier alpha value is -1.13. The second-order valence-electron chi connectivity index (χ2n) is 1.72. The van der Waals surface area contributed by atoms with Gasteiger partial charge in [0.2, 0.25) is 5.89 Å². The van der Waals surface area contributed by atoms with Crippen molar-refractivity contribution in [2.45, 2.75) is 12.8 Å². The fraction of sp³-hybridized carbons (Fsp3) is 0.600. The number of nitrogens with zero attached hydrogens (tertiary/aromatic N) is 1. The molecular weight excluding hydrogens is 141 g/mol. The van der Waals surface area contributed by atoms with Crippen molar-refractivity contribution in [1.82, 2.24) is 5.16 Å². The molecule has 0 aromatic carbocycles. The molecule has 0 N–H and O–H groups in total. The number of rotatable bonds is 3. The lowest BCUT2D eigenvalue weighted by atomic mass is 10.3. The highest BCUT2D eigenvalue weighted by atomic mass is 19.1. The Morgan fingerprint density at radius 3 is 2.90 bits per heavy atom. The van der Waals surface area contributed by atoms with Gasteiger partial charge in [0.05, 0.1) is 6.67 Å². The van der Waals surface area contributed by atoms with E-state index in [2.05, 4.69) is 14.1 Å². The van der Waals surface area contributed by atoms with E-state index >= 15 is 0 Å². The number of hydrogen-bond donors (Lipinski definition) is 0. The lowest BCUT2D eigenvalue weighted by molar-refractivity contribution is 0.334. The summed E-state index contributed by atoms with van der Waals surface area (Å²) in [5.41, 5.74) is 0. The molecule has 0 saturated heterocycles. The molecule has 1 aromatic rings. The zero-order chi connectivity index (χ0) is 7.40. The van der Waals surface area contributed by atoms with Gasteiger partial charge in [-0.3, -0.25) is 8.91 Å². The highest BCUT2D eigenvalue weighted by molar-refractivity contribution is 4.70. The first-order valence-electron chi connectivity index (χ1n) is 2.84. The molecule has 0 bridgehead atoms. The summed E-state index contributed by atoms with van der Waals surface area (Å²) >= 11 is 0. The average Bonchev–Trinajstić information content (AvgIpc) is 2.31. The summed E-state index contributed by atoms with van der Waals surface area (Å²) in [6, 6.07) is 0. The van der Waals surface area contributed by atoms with Crippen LogP contribution in [0.3, 0.4) is 0 Å². The molecular formula is C5H6FNO3. The molecule has 10 heavy (non-hydrogen) atoms. The fourth-order valence-electron chi connectivity index (χ4n) is 0.536. The van der Waals surface area contributed by atoms with E-state index in [1.54, 1.807) is 0 Å². The second-order valence-corrected chi connectivity index (χ2v) is 1.72. The van der Waals surface area contributed by atoms with Gasteiger partial charge in [0, 0.05) is 6.42 Å². The fourth-order valence-corrected chi connectivity index (χ4v) is 0.536. The van der Waals surface area contributed by atoms with Crippen LogP contribution in [0.2, 0.25) is 0 Å². The Kier molecular flexibility index (Phi) is 2.20. The lowest BCUT2D eigenvalue weighted by Crippen LogP contribution is -1.88. The third-order valence-electron chi connectivity index (χ3n) is 0.947. The summed E-state index contributed by atoms with van der Waals surface area (Å²) < 4.78 is 20.0. The molecule has 1 aromatic heterocycles. The van der Waals surface area contributed by atoms with Gasteiger partial charge in [0.1, 0.15) is 0 Å². The standard InChI is InChI=1S/C5H6FNO3/c6-3-1-2-4-7-10-5(8)9-4/h1-3H2. The highest BCUT2D eigenvalue weighted by Gasteiger charge is 2.01. The summed E-state index contributed by atoms with van der Waals surface area (Å²) in [4.78, 5) is 10.2. The molecule has 0 unspecified atom stereocenters. The molecule has 0 radical (unpaired) electrons. The van der Waals surface area contributed by atoms with Gasteiger partial charge in [-0.25, -0.2) is 4.79 Å². The molecule has 56 valence electrons. The van der Waals surface area contributed by atoms with Crippen molar-refractivity contribution >= 4 is 0 Å². The van der Waals surface area contributed by atoms with E-state index in [9.17, 15) is 9.18 Å². The molecule has 0 spiro atoms. The van der Waals surface area contributed by atoms with Crippen LogP contribution >= 0.6 is 0 Å². The van der Waals surface area contributed by atoms with Crippen LogP contribution in [-0.2, 0) is 6.42 Å². The van der Waals surface area contributed by atoms with Crippen molar-refractivity contribution in [3.8, 4) is 0 Å². The molecule has 0 aliphatic heterocycles. The molecule has 4 nitrogen and oxygen atoms in total. The van der Waals surface area contributed by atoms with Crippen LogP contribution in [0.25, 0.3) is 0 Å². The molecule has 0 amide bonds. The summed E-state index contributed by atoms with van der Waals surface area (Å²) in [6.07, 6.45) is 0.609. The van der Waals surface area contributed by atoms with Gasteiger partial charge < -0.3 is 4.42 Å². The van der Waals surface area contributed by atoms with Gasteiger partial charge in [-0.05, 0) is 11.6 Å². The van der Waals surface area contributed by atoms with E-state index in [0.717, 1.165) is 0 Å². The van der Waals surface area contributed by atoms with E-state index in [4.69, 9.17) is 0 Å². The molecule has 0 aliphatic rings. The minimum Gasteiger partial charge on any atom is -0.375 e. The maximum absolute atomic E-state index is 11.5. The number of alkyl halides is 1. The van der Waals surface area contributed by atoms with Gasteiger partial charge in [0.25, 0.3) is 0 Å². The Balaban J connectivity index is 2.50. The van der Waals surface area contributed by atoms with Crippen molar-refractivity contribution in [2.24, 2.45) is 0 Å². The van der Waals surface area contributed by atoms with E-state index in [1.807, 2.05) is 0 Å². The van der Waals surface area contributed by atoms with Gasteiger partial charge in [-0.1, -0.05) is 0 Å². The molecule has 0 atom stereocenters. The minimum absolute atomic E-state index is 0.155. The van der Waals surface area contributed by atoms with Gasteiger partial charge in [-0.2, -0.15) is 0 Å². The average molecular weight is 147 g/mol. The first-order valence-corrected chi connectivity index (χ1v) is 2.84. The smallest absolute Gasteiger partial charge is 0.375 e. The number of aromatic nitrogens is 1. The first kappa shape index (κ1) is 6.98. The van der Waals surface area contributed by atoms with Gasteiger partial charge >= 0.3 is 5.82 Å². The quantitative estimate of drug-likeness (QED) is 0.625. The molecule has 0 fully saturated rings. The first-order chi connectivity index (χ1) is 4.83. The summed E-state index contributed by atoms with van der Waals surface area (Å²) in [5.74, 6) is -0.684. The van der Waals surface area contributed by atoms with Gasteiger partial charge in [-0.15, -0.1) is 0 Å². The van der Waals surface area contributed by atoms with E-state index in [-0.39, 0.29) is 5.89 Å². The Bertz CT molecular complexity index is 241. The summed E-state index contributed by atoms with van der Waals surface area (Å²) in [6.45, 7) is -0.448. The number of aryl methyl sites for hydroxylation is 1. The molecule has 5 heteroatoms. The number of halogens is 1. The summed E-state index contributed by atoms with van der Waals surface area (Å²) in [7, 11) is 0. The molecule has 1 heterocycles. The van der Waals surface area contributed by atoms with Crippen molar-refractivity contribution in [2.75, 3.05) is 6.67 Å². The SMILES string of the molecule is O=c1onc(CCCF)o1. The second kappa shape index (κ2) is 3.14. The number of hydrogen-bond acceptors (Lipinski definition) is 4.